The topological polar surface area (TPSA) is 83.6 Å². The van der Waals surface area contributed by atoms with Crippen LogP contribution >= 0.6 is 23.2 Å². The Morgan fingerprint density at radius 2 is 1.73 bits per heavy atom. The van der Waals surface area contributed by atoms with Crippen LogP contribution in [0.4, 0.5) is 5.82 Å². The third kappa shape index (κ3) is 3.38. The van der Waals surface area contributed by atoms with Crippen LogP contribution in [0.25, 0.3) is 5.76 Å². The van der Waals surface area contributed by atoms with Crippen LogP contribution < -0.4 is 4.90 Å². The summed E-state index contributed by atoms with van der Waals surface area (Å²) in [5.41, 5.74) is 1.84. The number of benzene rings is 2. The van der Waals surface area contributed by atoms with Gasteiger partial charge in [0.05, 0.1) is 21.7 Å². The molecule has 1 fully saturated rings. The first-order valence-electron chi connectivity index (χ1n) is 9.04. The number of aliphatic hydroxyl groups is 1. The van der Waals surface area contributed by atoms with E-state index in [4.69, 9.17) is 27.7 Å². The Morgan fingerprint density at radius 1 is 1.03 bits per heavy atom. The van der Waals surface area contributed by atoms with Crippen molar-refractivity contribution in [1.82, 2.24) is 5.16 Å². The molecule has 0 aliphatic carbocycles. The van der Waals surface area contributed by atoms with Gasteiger partial charge in [-0.05, 0) is 31.5 Å². The summed E-state index contributed by atoms with van der Waals surface area (Å²) in [4.78, 5) is 27.1. The number of aliphatic hydroxyl groups excluding tert-OH is 1. The number of carbonyl (C=O) groups excluding carboxylic acids is 2. The lowest BCUT2D eigenvalue weighted by atomic mass is 9.95. The van der Waals surface area contributed by atoms with E-state index in [9.17, 15) is 14.7 Å². The Balaban J connectivity index is 1.96. The summed E-state index contributed by atoms with van der Waals surface area (Å²) in [6.45, 7) is 3.58. The SMILES string of the molecule is Cc1ccc(C(O)=C2C(=O)C(=O)N(c3cc(C)on3)C2c2ccc(Cl)c(Cl)c2)cc1. The van der Waals surface area contributed by atoms with E-state index < -0.39 is 17.7 Å². The number of hydrogen-bond donors (Lipinski definition) is 1. The molecule has 0 saturated carbocycles. The molecular weight excluding hydrogens is 427 g/mol. The highest BCUT2D eigenvalue weighted by Crippen LogP contribution is 2.43. The van der Waals surface area contributed by atoms with Crippen LogP contribution in [0, 0.1) is 13.8 Å². The fraction of sp³-hybridized carbons (Fsp3) is 0.136. The van der Waals surface area contributed by atoms with Gasteiger partial charge >= 0.3 is 5.91 Å². The van der Waals surface area contributed by atoms with E-state index in [1.165, 1.54) is 4.90 Å². The Kier molecular flexibility index (Phi) is 5.13. The Morgan fingerprint density at radius 3 is 2.33 bits per heavy atom. The zero-order valence-electron chi connectivity index (χ0n) is 16.0. The maximum atomic E-state index is 13.0. The molecule has 1 aliphatic rings. The molecule has 1 aliphatic heterocycles. The molecule has 2 aromatic carbocycles. The quantitative estimate of drug-likeness (QED) is 0.341. The second kappa shape index (κ2) is 7.63. The van der Waals surface area contributed by atoms with Gasteiger partial charge < -0.3 is 9.63 Å². The number of nitrogens with zero attached hydrogens (tertiary/aromatic N) is 2. The minimum atomic E-state index is -0.953. The number of ketones is 1. The lowest BCUT2D eigenvalue weighted by molar-refractivity contribution is -0.132. The summed E-state index contributed by atoms with van der Waals surface area (Å²) in [6, 6.07) is 12.3. The smallest absolute Gasteiger partial charge is 0.301 e. The number of carbonyl (C=O) groups is 2. The Bertz CT molecular complexity index is 1200. The van der Waals surface area contributed by atoms with Crippen LogP contribution in [-0.2, 0) is 9.59 Å². The maximum Gasteiger partial charge on any atom is 0.301 e. The summed E-state index contributed by atoms with van der Waals surface area (Å²) in [7, 11) is 0. The molecule has 1 atom stereocenters. The molecule has 30 heavy (non-hydrogen) atoms. The van der Waals surface area contributed by atoms with E-state index in [-0.39, 0.29) is 22.2 Å². The summed E-state index contributed by atoms with van der Waals surface area (Å²) in [5, 5.41) is 15.5. The molecule has 1 N–H and O–H groups in total. The second-order valence-electron chi connectivity index (χ2n) is 7.00. The van der Waals surface area contributed by atoms with Crippen molar-refractivity contribution in [2.24, 2.45) is 0 Å². The van der Waals surface area contributed by atoms with Crippen molar-refractivity contribution in [2.45, 2.75) is 19.9 Å². The number of aryl methyl sites for hydroxylation is 2. The highest BCUT2D eigenvalue weighted by Gasteiger charge is 2.48. The van der Waals surface area contributed by atoms with Gasteiger partial charge in [-0.1, -0.05) is 64.3 Å². The molecule has 6 nitrogen and oxygen atoms in total. The van der Waals surface area contributed by atoms with Crippen LogP contribution in [-0.4, -0.2) is 22.0 Å². The van der Waals surface area contributed by atoms with Gasteiger partial charge in [0.25, 0.3) is 5.78 Å². The number of rotatable bonds is 3. The van der Waals surface area contributed by atoms with Crippen molar-refractivity contribution in [3.05, 3.63) is 86.6 Å². The van der Waals surface area contributed by atoms with E-state index in [1.807, 2.05) is 6.92 Å². The number of halogens is 2. The van der Waals surface area contributed by atoms with Gasteiger partial charge in [-0.25, -0.2) is 0 Å². The van der Waals surface area contributed by atoms with Gasteiger partial charge in [0.1, 0.15) is 11.5 Å². The van der Waals surface area contributed by atoms with E-state index in [1.54, 1.807) is 55.5 Å². The van der Waals surface area contributed by atoms with Gasteiger partial charge in [-0.15, -0.1) is 0 Å². The highest BCUT2D eigenvalue weighted by molar-refractivity contribution is 6.51. The highest BCUT2D eigenvalue weighted by atomic mass is 35.5. The number of hydrogen-bond acceptors (Lipinski definition) is 5. The number of Topliss-reactive ketones (excluding diaryl/α,β-unsaturated/α-hetero) is 1. The number of amides is 1. The van der Waals surface area contributed by atoms with Crippen molar-refractivity contribution in [1.29, 1.82) is 0 Å². The summed E-state index contributed by atoms with van der Waals surface area (Å²) in [6.07, 6.45) is 0. The molecule has 1 unspecified atom stereocenters. The maximum absolute atomic E-state index is 13.0. The molecule has 1 amide bonds. The van der Waals surface area contributed by atoms with Gasteiger partial charge in [-0.3, -0.25) is 14.5 Å². The first-order valence-corrected chi connectivity index (χ1v) is 9.80. The normalized spacial score (nSPS) is 18.3. The monoisotopic (exact) mass is 442 g/mol. The molecule has 8 heteroatoms. The van der Waals surface area contributed by atoms with Crippen LogP contribution in [0.15, 0.2) is 58.6 Å². The standard InChI is InChI=1S/C22H16Cl2N2O4/c1-11-3-5-13(6-4-11)20(27)18-19(14-7-8-15(23)16(24)10-14)26(22(29)21(18)28)17-9-12(2)30-25-17/h3-10,19,27H,1-2H3. The van der Waals surface area contributed by atoms with Crippen LogP contribution in [0.3, 0.4) is 0 Å². The molecule has 1 saturated heterocycles. The van der Waals surface area contributed by atoms with Gasteiger partial charge in [0.15, 0.2) is 5.82 Å². The fourth-order valence-electron chi connectivity index (χ4n) is 3.40. The number of aromatic nitrogens is 1. The molecule has 0 spiro atoms. The van der Waals surface area contributed by atoms with Gasteiger partial charge in [0.2, 0.25) is 0 Å². The zero-order valence-corrected chi connectivity index (χ0v) is 17.5. The van der Waals surface area contributed by atoms with Gasteiger partial charge in [0, 0.05) is 11.6 Å². The van der Waals surface area contributed by atoms with Crippen molar-refractivity contribution >= 4 is 46.5 Å². The average molecular weight is 443 g/mol. The summed E-state index contributed by atoms with van der Waals surface area (Å²) in [5.74, 6) is -1.31. The molecule has 3 aromatic rings. The first-order chi connectivity index (χ1) is 14.3. The van der Waals surface area contributed by atoms with Crippen LogP contribution in [0.2, 0.25) is 10.0 Å². The predicted molar refractivity (Wildman–Crippen MR) is 114 cm³/mol. The first kappa shape index (κ1) is 20.2. The molecule has 0 radical (unpaired) electrons. The lowest BCUT2D eigenvalue weighted by Crippen LogP contribution is -2.29. The van der Waals surface area contributed by atoms with E-state index in [0.29, 0.717) is 21.9 Å². The molecule has 4 rings (SSSR count). The van der Waals surface area contributed by atoms with E-state index in [0.717, 1.165) is 5.56 Å². The van der Waals surface area contributed by atoms with Crippen molar-refractivity contribution < 1.29 is 19.2 Å². The summed E-state index contributed by atoms with van der Waals surface area (Å²) >= 11 is 12.2. The van der Waals surface area contributed by atoms with Crippen molar-refractivity contribution in [3.8, 4) is 0 Å². The van der Waals surface area contributed by atoms with Crippen LogP contribution in [0.1, 0.15) is 28.5 Å². The summed E-state index contributed by atoms with van der Waals surface area (Å²) < 4.78 is 5.10. The third-order valence-electron chi connectivity index (χ3n) is 4.89. The van der Waals surface area contributed by atoms with Crippen molar-refractivity contribution in [3.63, 3.8) is 0 Å². The Labute approximate surface area is 182 Å². The fourth-order valence-corrected chi connectivity index (χ4v) is 3.71. The minimum Gasteiger partial charge on any atom is -0.507 e. The predicted octanol–water partition coefficient (Wildman–Crippen LogP) is 5.22. The third-order valence-corrected chi connectivity index (χ3v) is 5.63. The molecule has 2 heterocycles. The minimum absolute atomic E-state index is 0.0668. The van der Waals surface area contributed by atoms with E-state index >= 15 is 0 Å². The molecule has 0 bridgehead atoms. The average Bonchev–Trinajstić information content (AvgIpc) is 3.25. The Hall–Kier alpha value is -3.09. The molecule has 1 aromatic heterocycles. The zero-order chi connectivity index (χ0) is 21.6. The lowest BCUT2D eigenvalue weighted by Gasteiger charge is -2.23. The largest absolute Gasteiger partial charge is 0.507 e. The molecular formula is C22H16Cl2N2O4. The second-order valence-corrected chi connectivity index (χ2v) is 7.82. The van der Waals surface area contributed by atoms with Gasteiger partial charge in [-0.2, -0.15) is 0 Å². The van der Waals surface area contributed by atoms with E-state index in [2.05, 4.69) is 5.16 Å². The number of anilines is 1. The molecule has 152 valence electrons. The van der Waals surface area contributed by atoms with Crippen LogP contribution in [0.5, 0.6) is 0 Å². The van der Waals surface area contributed by atoms with Crippen molar-refractivity contribution in [2.75, 3.05) is 4.90 Å².